The zero-order valence-corrected chi connectivity index (χ0v) is 19.7. The van der Waals surface area contributed by atoms with Gasteiger partial charge < -0.3 is 9.05 Å². The molecule has 2 N–H and O–H groups in total. The highest BCUT2D eigenvalue weighted by atomic mass is 31.2. The predicted molar refractivity (Wildman–Crippen MR) is 129 cm³/mol. The average Bonchev–Trinajstić information content (AvgIpc) is 2.82. The Hall–Kier alpha value is -3.68. The minimum atomic E-state index is -3.91. The molecule has 0 fully saturated rings. The van der Waals surface area contributed by atoms with Gasteiger partial charge in [-0.2, -0.15) is 0 Å². The highest BCUT2D eigenvalue weighted by molar-refractivity contribution is 7.55. The first-order valence-electron chi connectivity index (χ1n) is 10.7. The number of non-ortho nitro benzene ring substituents is 1. The van der Waals surface area contributed by atoms with Gasteiger partial charge in [-0.3, -0.25) is 20.3 Å². The van der Waals surface area contributed by atoms with Gasteiger partial charge in [-0.25, -0.2) is 9.99 Å². The third-order valence-corrected chi connectivity index (χ3v) is 6.75. The Morgan fingerprint density at radius 2 is 1.41 bits per heavy atom. The van der Waals surface area contributed by atoms with Crippen LogP contribution in [-0.2, 0) is 4.57 Å². The molecule has 0 aliphatic heterocycles. The summed E-state index contributed by atoms with van der Waals surface area (Å²) < 4.78 is 25.9. The van der Waals surface area contributed by atoms with E-state index in [2.05, 4.69) is 10.9 Å². The summed E-state index contributed by atoms with van der Waals surface area (Å²) in [5.74, 6) is -0.636. The summed E-state index contributed by atoms with van der Waals surface area (Å²) >= 11 is 0. The topological polar surface area (TPSA) is 120 Å². The van der Waals surface area contributed by atoms with Gasteiger partial charge in [-0.05, 0) is 48.7 Å². The first-order valence-corrected chi connectivity index (χ1v) is 12.3. The molecular formula is C24H26N3O6P. The van der Waals surface area contributed by atoms with E-state index in [1.165, 1.54) is 24.3 Å². The fourth-order valence-corrected chi connectivity index (χ4v) is 5.10. The SMILES string of the molecule is CC(C)CC(NNC(=O)c1ccc([N+](=O)[O-])cc1)P(=O)(Oc1ccccc1)Oc1ccccc1. The van der Waals surface area contributed by atoms with Crippen molar-refractivity contribution in [3.63, 3.8) is 0 Å². The predicted octanol–water partition coefficient (Wildman–Crippen LogP) is 5.55. The van der Waals surface area contributed by atoms with E-state index in [1.807, 2.05) is 26.0 Å². The fourth-order valence-electron chi connectivity index (χ4n) is 3.07. The molecule has 0 spiro atoms. The number of rotatable bonds is 11. The molecule has 0 bridgehead atoms. The molecule has 1 atom stereocenters. The van der Waals surface area contributed by atoms with Crippen molar-refractivity contribution in [2.24, 2.45) is 5.92 Å². The van der Waals surface area contributed by atoms with Crippen LogP contribution in [0.3, 0.4) is 0 Å². The molecule has 34 heavy (non-hydrogen) atoms. The molecule has 0 aromatic heterocycles. The summed E-state index contributed by atoms with van der Waals surface area (Å²) in [7, 11) is -3.91. The standard InChI is InChI=1S/C24H26N3O6P/c1-18(2)17-23(25-26-24(28)19-13-15-20(16-14-19)27(29)30)34(31,32-21-9-5-3-6-10-21)33-22-11-7-4-8-12-22/h3-16,18,23,25H,17H2,1-2H3,(H,26,28). The largest absolute Gasteiger partial charge is 0.449 e. The van der Waals surface area contributed by atoms with E-state index in [9.17, 15) is 19.5 Å². The number of hydrazine groups is 1. The highest BCUT2D eigenvalue weighted by Crippen LogP contribution is 2.53. The van der Waals surface area contributed by atoms with Gasteiger partial charge in [0, 0.05) is 17.7 Å². The number of amides is 1. The number of hydrogen-bond acceptors (Lipinski definition) is 7. The Morgan fingerprint density at radius 1 is 0.912 bits per heavy atom. The zero-order valence-electron chi connectivity index (χ0n) is 18.8. The molecule has 0 saturated heterocycles. The van der Waals surface area contributed by atoms with E-state index in [0.717, 1.165) is 0 Å². The number of nitrogens with one attached hydrogen (secondary N) is 2. The average molecular weight is 483 g/mol. The second kappa shape index (κ2) is 11.4. The highest BCUT2D eigenvalue weighted by Gasteiger charge is 2.40. The monoisotopic (exact) mass is 483 g/mol. The van der Waals surface area contributed by atoms with Crippen molar-refractivity contribution in [1.29, 1.82) is 0 Å². The molecular weight excluding hydrogens is 457 g/mol. The van der Waals surface area contributed by atoms with Crippen molar-refractivity contribution in [1.82, 2.24) is 10.9 Å². The van der Waals surface area contributed by atoms with Crippen molar-refractivity contribution in [2.45, 2.75) is 26.1 Å². The molecule has 3 aromatic rings. The van der Waals surface area contributed by atoms with E-state index >= 15 is 0 Å². The number of nitro benzene ring substituents is 1. The van der Waals surface area contributed by atoms with Crippen LogP contribution in [0.5, 0.6) is 11.5 Å². The second-order valence-corrected chi connectivity index (χ2v) is 9.96. The smallest absolute Gasteiger partial charge is 0.415 e. The van der Waals surface area contributed by atoms with Gasteiger partial charge in [0.2, 0.25) is 0 Å². The molecule has 0 radical (unpaired) electrons. The molecule has 1 unspecified atom stereocenters. The van der Waals surface area contributed by atoms with Crippen LogP contribution in [0.15, 0.2) is 84.9 Å². The Bertz CT molecular complexity index is 1090. The quantitative estimate of drug-likeness (QED) is 0.208. The Labute approximate surface area is 197 Å². The van der Waals surface area contributed by atoms with Crippen molar-refractivity contribution >= 4 is 19.2 Å². The number of nitrogens with zero attached hydrogens (tertiary/aromatic N) is 1. The third kappa shape index (κ3) is 6.91. The van der Waals surface area contributed by atoms with Gasteiger partial charge in [0.25, 0.3) is 11.6 Å². The van der Waals surface area contributed by atoms with Gasteiger partial charge in [-0.15, -0.1) is 0 Å². The van der Waals surface area contributed by atoms with Gasteiger partial charge in [0.05, 0.1) is 4.92 Å². The molecule has 178 valence electrons. The summed E-state index contributed by atoms with van der Waals surface area (Å²) in [4.78, 5) is 22.9. The molecule has 3 aromatic carbocycles. The van der Waals surface area contributed by atoms with E-state index in [0.29, 0.717) is 17.9 Å². The number of hydrogen-bond donors (Lipinski definition) is 2. The fraction of sp³-hybridized carbons (Fsp3) is 0.208. The van der Waals surface area contributed by atoms with Crippen molar-refractivity contribution in [3.8, 4) is 11.5 Å². The Morgan fingerprint density at radius 3 is 1.85 bits per heavy atom. The molecule has 9 nitrogen and oxygen atoms in total. The van der Waals surface area contributed by atoms with Gasteiger partial charge in [-0.1, -0.05) is 50.2 Å². The maximum atomic E-state index is 14.1. The lowest BCUT2D eigenvalue weighted by molar-refractivity contribution is -0.384. The number of carbonyl (C=O) groups excluding carboxylic acids is 1. The molecule has 3 rings (SSSR count). The van der Waals surface area contributed by atoms with Crippen LogP contribution in [-0.4, -0.2) is 16.6 Å². The molecule has 1 amide bonds. The summed E-state index contributed by atoms with van der Waals surface area (Å²) in [5, 5.41) is 10.8. The van der Waals surface area contributed by atoms with Crippen molar-refractivity contribution < 1.29 is 23.3 Å². The number of nitro groups is 1. The van der Waals surface area contributed by atoms with E-state index < -0.39 is 24.2 Å². The number of para-hydroxylation sites is 2. The molecule has 0 aliphatic rings. The van der Waals surface area contributed by atoms with Crippen molar-refractivity contribution in [3.05, 3.63) is 101 Å². The molecule has 0 aliphatic carbocycles. The summed E-state index contributed by atoms with van der Waals surface area (Å²) in [6.07, 6.45) is 0.359. The van der Waals surface area contributed by atoms with Crippen LogP contribution in [0.2, 0.25) is 0 Å². The van der Waals surface area contributed by atoms with Crippen LogP contribution in [0, 0.1) is 16.0 Å². The molecule has 10 heteroatoms. The van der Waals surface area contributed by atoms with Crippen molar-refractivity contribution in [2.75, 3.05) is 0 Å². The summed E-state index contributed by atoms with van der Waals surface area (Å²) in [6.45, 7) is 3.89. The number of carbonyl (C=O) groups is 1. The van der Waals surface area contributed by atoms with Gasteiger partial charge in [0.15, 0.2) is 5.78 Å². The molecule has 0 heterocycles. The normalized spacial score (nSPS) is 12.1. The lowest BCUT2D eigenvalue weighted by atomic mass is 10.1. The lowest BCUT2D eigenvalue weighted by Crippen LogP contribution is -2.46. The maximum absolute atomic E-state index is 14.1. The van der Waals surface area contributed by atoms with Gasteiger partial charge >= 0.3 is 7.60 Å². The molecule has 0 saturated carbocycles. The van der Waals surface area contributed by atoms with E-state index in [4.69, 9.17) is 9.05 Å². The van der Waals surface area contributed by atoms with Crippen LogP contribution < -0.4 is 19.9 Å². The summed E-state index contributed by atoms with van der Waals surface area (Å²) in [5.41, 5.74) is 5.43. The first-order chi connectivity index (χ1) is 16.3. The Kier molecular flexibility index (Phi) is 8.40. The minimum Gasteiger partial charge on any atom is -0.415 e. The van der Waals surface area contributed by atoms with Crippen LogP contribution in [0.4, 0.5) is 5.69 Å². The third-order valence-electron chi connectivity index (χ3n) is 4.72. The maximum Gasteiger partial charge on any atom is 0.449 e. The second-order valence-electron chi connectivity index (χ2n) is 7.90. The number of benzene rings is 3. The lowest BCUT2D eigenvalue weighted by Gasteiger charge is -2.29. The van der Waals surface area contributed by atoms with Gasteiger partial charge in [0.1, 0.15) is 11.5 Å². The van der Waals surface area contributed by atoms with Crippen LogP contribution in [0.25, 0.3) is 0 Å². The van der Waals surface area contributed by atoms with Crippen LogP contribution >= 0.6 is 7.60 Å². The summed E-state index contributed by atoms with van der Waals surface area (Å²) in [6, 6.07) is 22.5. The van der Waals surface area contributed by atoms with E-state index in [1.54, 1.807) is 48.5 Å². The zero-order chi connectivity index (χ0) is 24.6. The van der Waals surface area contributed by atoms with Crippen LogP contribution in [0.1, 0.15) is 30.6 Å². The minimum absolute atomic E-state index is 0.0841. The van der Waals surface area contributed by atoms with E-state index in [-0.39, 0.29) is 17.2 Å². The Balaban J connectivity index is 1.84. The first kappa shape index (κ1) is 25.0.